The van der Waals surface area contributed by atoms with Gasteiger partial charge in [0.05, 0.1) is 31.6 Å². The zero-order valence-electron chi connectivity index (χ0n) is 23.1. The van der Waals surface area contributed by atoms with Crippen LogP contribution in [0.2, 0.25) is 0 Å². The number of benzene rings is 2. The summed E-state index contributed by atoms with van der Waals surface area (Å²) in [5.74, 6) is -1.25. The maximum absolute atomic E-state index is 15.0. The van der Waals surface area contributed by atoms with E-state index in [1.54, 1.807) is 54.2 Å². The molecule has 2 aromatic carbocycles. The summed E-state index contributed by atoms with van der Waals surface area (Å²) in [6.07, 6.45) is -1.13. The first kappa shape index (κ1) is 29.2. The van der Waals surface area contributed by atoms with E-state index in [0.29, 0.717) is 46.0 Å². The van der Waals surface area contributed by atoms with Crippen molar-refractivity contribution in [2.24, 2.45) is 7.05 Å². The standard InChI is InChI=1S/C28H29F3N6O4/c1-6-15-9-16(13-32-28(39)25(30)31)19(29)11-20(15)37(3)23-12-21-24(33-14-36(21)2)26(34-23)35-27(38)18-8-7-17(40-4)10-22(18)41-5/h7-12,14,25H,6,13H2,1-5H3,(H,32,39)(H,34,35,38). The van der Waals surface area contributed by atoms with Crippen LogP contribution >= 0.6 is 0 Å². The quantitative estimate of drug-likeness (QED) is 0.287. The third-order valence-electron chi connectivity index (χ3n) is 6.57. The van der Waals surface area contributed by atoms with Gasteiger partial charge >= 0.3 is 6.43 Å². The Morgan fingerprint density at radius 3 is 2.51 bits per heavy atom. The number of nitrogens with one attached hydrogen (secondary N) is 2. The summed E-state index contributed by atoms with van der Waals surface area (Å²) < 4.78 is 52.5. The molecule has 13 heteroatoms. The number of carbonyl (C=O) groups excluding carboxylic acids is 2. The Bertz CT molecular complexity index is 1610. The average Bonchev–Trinajstić information content (AvgIpc) is 3.35. The van der Waals surface area contributed by atoms with Crippen LogP contribution in [0.1, 0.15) is 28.4 Å². The number of rotatable bonds is 10. The molecule has 4 aromatic rings. The van der Waals surface area contributed by atoms with E-state index in [4.69, 9.17) is 9.47 Å². The van der Waals surface area contributed by atoms with Crippen LogP contribution in [-0.4, -0.2) is 54.0 Å². The number of hydrogen-bond donors (Lipinski definition) is 2. The molecule has 0 spiro atoms. The Labute approximate surface area is 234 Å². The number of aromatic nitrogens is 3. The van der Waals surface area contributed by atoms with E-state index >= 15 is 4.39 Å². The Balaban J connectivity index is 1.71. The lowest BCUT2D eigenvalue weighted by molar-refractivity contribution is -0.131. The van der Waals surface area contributed by atoms with Gasteiger partial charge in [-0.2, -0.15) is 8.78 Å². The Hall–Kier alpha value is -4.81. The second-order valence-corrected chi connectivity index (χ2v) is 9.08. The van der Waals surface area contributed by atoms with Crippen LogP contribution in [0, 0.1) is 5.82 Å². The van der Waals surface area contributed by atoms with Crippen molar-refractivity contribution in [2.45, 2.75) is 26.3 Å². The normalized spacial score (nSPS) is 11.0. The SMILES string of the molecule is CCc1cc(CNC(=O)C(F)F)c(F)cc1N(C)c1cc2c(ncn2C)c(NC(=O)c2ccc(OC)cc2OC)n1. The molecule has 0 aliphatic heterocycles. The van der Waals surface area contributed by atoms with Crippen LogP contribution in [0.5, 0.6) is 11.5 Å². The lowest BCUT2D eigenvalue weighted by Crippen LogP contribution is -2.29. The molecule has 0 saturated heterocycles. The van der Waals surface area contributed by atoms with Gasteiger partial charge in [-0.15, -0.1) is 0 Å². The third kappa shape index (κ3) is 6.03. The fraction of sp³-hybridized carbons (Fsp3) is 0.286. The highest BCUT2D eigenvalue weighted by molar-refractivity contribution is 6.09. The molecule has 0 unspecified atom stereocenters. The second kappa shape index (κ2) is 12.1. The third-order valence-corrected chi connectivity index (χ3v) is 6.57. The molecule has 0 atom stereocenters. The number of ether oxygens (including phenoxy) is 2. The highest BCUT2D eigenvalue weighted by Gasteiger charge is 2.21. The van der Waals surface area contributed by atoms with Crippen molar-refractivity contribution in [3.05, 3.63) is 65.2 Å². The molecule has 2 amide bonds. The van der Waals surface area contributed by atoms with Gasteiger partial charge in [0, 0.05) is 44.0 Å². The van der Waals surface area contributed by atoms with E-state index in [-0.39, 0.29) is 23.5 Å². The summed E-state index contributed by atoms with van der Waals surface area (Å²) in [5, 5.41) is 4.84. The van der Waals surface area contributed by atoms with Crippen LogP contribution in [-0.2, 0) is 24.8 Å². The number of amides is 2. The first-order chi connectivity index (χ1) is 19.6. The van der Waals surface area contributed by atoms with Crippen LogP contribution < -0.4 is 25.0 Å². The summed E-state index contributed by atoms with van der Waals surface area (Å²) in [6, 6.07) is 9.33. The highest BCUT2D eigenvalue weighted by Crippen LogP contribution is 2.33. The second-order valence-electron chi connectivity index (χ2n) is 9.08. The molecule has 41 heavy (non-hydrogen) atoms. The summed E-state index contributed by atoms with van der Waals surface area (Å²) in [5.41, 5.74) is 2.58. The average molecular weight is 571 g/mol. The minimum atomic E-state index is -3.19. The number of nitrogens with zero attached hydrogens (tertiary/aromatic N) is 4. The number of anilines is 3. The number of imidazole rings is 1. The molecule has 10 nitrogen and oxygen atoms in total. The predicted molar refractivity (Wildman–Crippen MR) is 148 cm³/mol. The number of halogens is 3. The topological polar surface area (TPSA) is 111 Å². The molecule has 0 radical (unpaired) electrons. The fourth-order valence-corrected chi connectivity index (χ4v) is 4.31. The molecule has 2 aromatic heterocycles. The summed E-state index contributed by atoms with van der Waals surface area (Å²) in [7, 11) is 6.43. The van der Waals surface area contributed by atoms with Gasteiger partial charge in [-0.05, 0) is 36.2 Å². The first-order valence-corrected chi connectivity index (χ1v) is 12.5. The van der Waals surface area contributed by atoms with Gasteiger partial charge in [0.1, 0.15) is 28.7 Å². The smallest absolute Gasteiger partial charge is 0.315 e. The van der Waals surface area contributed by atoms with E-state index < -0.39 is 24.1 Å². The number of alkyl halides is 2. The molecule has 2 heterocycles. The molecule has 4 rings (SSSR count). The van der Waals surface area contributed by atoms with Gasteiger partial charge in [-0.25, -0.2) is 14.4 Å². The number of pyridine rings is 1. The van der Waals surface area contributed by atoms with E-state index in [9.17, 15) is 18.4 Å². The molecule has 0 saturated carbocycles. The summed E-state index contributed by atoms with van der Waals surface area (Å²) in [6.45, 7) is 1.48. The lowest BCUT2D eigenvalue weighted by Gasteiger charge is -2.23. The minimum absolute atomic E-state index is 0.0736. The van der Waals surface area contributed by atoms with E-state index in [1.807, 2.05) is 12.2 Å². The maximum Gasteiger partial charge on any atom is 0.315 e. The van der Waals surface area contributed by atoms with Crippen molar-refractivity contribution in [3.8, 4) is 11.5 Å². The predicted octanol–water partition coefficient (Wildman–Crippen LogP) is 4.59. The molecular formula is C28H29F3N6O4. The van der Waals surface area contributed by atoms with Crippen molar-refractivity contribution < 1.29 is 32.2 Å². The number of hydrogen-bond acceptors (Lipinski definition) is 7. The molecule has 0 aliphatic rings. The number of aryl methyl sites for hydroxylation is 2. The lowest BCUT2D eigenvalue weighted by atomic mass is 10.0. The molecule has 0 bridgehead atoms. The van der Waals surface area contributed by atoms with Gasteiger partial charge in [-0.1, -0.05) is 6.92 Å². The van der Waals surface area contributed by atoms with Crippen molar-refractivity contribution in [1.29, 1.82) is 0 Å². The van der Waals surface area contributed by atoms with Crippen LogP contribution in [0.25, 0.3) is 11.0 Å². The summed E-state index contributed by atoms with van der Waals surface area (Å²) in [4.78, 5) is 35.2. The van der Waals surface area contributed by atoms with Gasteiger partial charge in [0.25, 0.3) is 11.8 Å². The monoisotopic (exact) mass is 570 g/mol. The Morgan fingerprint density at radius 1 is 1.10 bits per heavy atom. The van der Waals surface area contributed by atoms with Crippen LogP contribution in [0.15, 0.2) is 42.7 Å². The van der Waals surface area contributed by atoms with E-state index in [0.717, 1.165) is 0 Å². The van der Waals surface area contributed by atoms with E-state index in [2.05, 4.69) is 15.3 Å². The number of fused-ring (bicyclic) bond motifs is 1. The first-order valence-electron chi connectivity index (χ1n) is 12.5. The molecular weight excluding hydrogens is 541 g/mol. The molecule has 216 valence electrons. The molecule has 2 N–H and O–H groups in total. The number of carbonyl (C=O) groups is 2. The van der Waals surface area contributed by atoms with Gasteiger partial charge in [0.2, 0.25) is 0 Å². The van der Waals surface area contributed by atoms with Crippen molar-refractivity contribution >= 4 is 40.2 Å². The van der Waals surface area contributed by atoms with Gasteiger partial charge in [-0.3, -0.25) is 9.59 Å². The van der Waals surface area contributed by atoms with Crippen LogP contribution in [0.3, 0.4) is 0 Å². The number of methoxy groups -OCH3 is 2. The van der Waals surface area contributed by atoms with E-state index in [1.165, 1.54) is 26.4 Å². The summed E-state index contributed by atoms with van der Waals surface area (Å²) >= 11 is 0. The van der Waals surface area contributed by atoms with Gasteiger partial charge in [0.15, 0.2) is 5.82 Å². The fourth-order valence-electron chi connectivity index (χ4n) is 4.31. The van der Waals surface area contributed by atoms with Crippen molar-refractivity contribution in [1.82, 2.24) is 19.9 Å². The van der Waals surface area contributed by atoms with Crippen molar-refractivity contribution in [3.63, 3.8) is 0 Å². The van der Waals surface area contributed by atoms with Gasteiger partial charge < -0.3 is 29.6 Å². The Morgan fingerprint density at radius 2 is 1.85 bits per heavy atom. The minimum Gasteiger partial charge on any atom is -0.497 e. The highest BCUT2D eigenvalue weighted by atomic mass is 19.3. The molecule has 0 fully saturated rings. The molecule has 0 aliphatic carbocycles. The zero-order chi connectivity index (χ0) is 29.8. The van der Waals surface area contributed by atoms with Crippen molar-refractivity contribution in [2.75, 3.05) is 31.5 Å². The maximum atomic E-state index is 15.0. The van der Waals surface area contributed by atoms with Crippen LogP contribution in [0.4, 0.5) is 30.5 Å². The zero-order valence-corrected chi connectivity index (χ0v) is 23.1. The largest absolute Gasteiger partial charge is 0.497 e. The Kier molecular flexibility index (Phi) is 8.65.